The van der Waals surface area contributed by atoms with Crippen LogP contribution in [0.1, 0.15) is 42.7 Å². The molecule has 1 saturated heterocycles. The number of fused-ring (bicyclic) bond motifs is 1. The second-order valence-corrected chi connectivity index (χ2v) is 13.9. The standard InChI is InChI=1S/C30H34F2N6O4S/c1-17-9-19(12-25(33)29(17)42-7-8-43(2,39)40)22-5-6-34-14-27(22)36-30-35-13-21-3-4-26(37-38(21)30)28-23(31)10-18(11-24(28)32)20-15-41-16-20/h3-6,10-11,13-14,17,19-20,25,29H,7-9,12,15-16,33H2,1-2H3,(H,35,36). The predicted molar refractivity (Wildman–Crippen MR) is 158 cm³/mol. The number of rotatable bonds is 9. The van der Waals surface area contributed by atoms with Gasteiger partial charge < -0.3 is 20.5 Å². The first-order valence-corrected chi connectivity index (χ1v) is 16.3. The molecular weight excluding hydrogens is 578 g/mol. The van der Waals surface area contributed by atoms with Crippen LogP contribution in [0.25, 0.3) is 16.8 Å². The zero-order chi connectivity index (χ0) is 30.3. The van der Waals surface area contributed by atoms with Crippen molar-refractivity contribution in [2.24, 2.45) is 11.7 Å². The Kier molecular flexibility index (Phi) is 8.16. The molecule has 1 aliphatic carbocycles. The van der Waals surface area contributed by atoms with Crippen LogP contribution in [0.5, 0.6) is 0 Å². The zero-order valence-electron chi connectivity index (χ0n) is 23.9. The van der Waals surface area contributed by atoms with Gasteiger partial charge in [0.25, 0.3) is 0 Å². The SMILES string of the molecule is CC1CC(c2ccncc2Nc2ncc3ccc(-c4c(F)cc(C5COC5)cc4F)nn23)CC(N)C1OCCS(C)(=O)=O. The van der Waals surface area contributed by atoms with Gasteiger partial charge in [-0.3, -0.25) is 4.98 Å². The van der Waals surface area contributed by atoms with E-state index in [1.165, 1.54) is 22.9 Å². The van der Waals surface area contributed by atoms with Crippen LogP contribution in [0.15, 0.2) is 48.9 Å². The van der Waals surface area contributed by atoms with Crippen LogP contribution in [0.4, 0.5) is 20.4 Å². The number of sulfone groups is 1. The molecule has 4 atom stereocenters. The molecule has 3 N–H and O–H groups in total. The number of anilines is 2. The Hall–Kier alpha value is -3.52. The predicted octanol–water partition coefficient (Wildman–Crippen LogP) is 4.20. The summed E-state index contributed by atoms with van der Waals surface area (Å²) in [4.78, 5) is 8.77. The van der Waals surface area contributed by atoms with E-state index in [0.717, 1.165) is 12.0 Å². The van der Waals surface area contributed by atoms with Gasteiger partial charge in [0.1, 0.15) is 21.5 Å². The molecule has 4 aromatic rings. The minimum Gasteiger partial charge on any atom is -0.380 e. The highest BCUT2D eigenvalue weighted by molar-refractivity contribution is 7.90. The maximum Gasteiger partial charge on any atom is 0.229 e. The maximum atomic E-state index is 15.1. The van der Waals surface area contributed by atoms with Crippen molar-refractivity contribution >= 4 is 27.0 Å². The third-order valence-electron chi connectivity index (χ3n) is 8.32. The molecule has 3 aromatic heterocycles. The van der Waals surface area contributed by atoms with Crippen LogP contribution in [-0.2, 0) is 19.3 Å². The lowest BCUT2D eigenvalue weighted by Crippen LogP contribution is -2.47. The van der Waals surface area contributed by atoms with Gasteiger partial charge >= 0.3 is 0 Å². The van der Waals surface area contributed by atoms with Crippen molar-refractivity contribution in [1.29, 1.82) is 0 Å². The molecule has 13 heteroatoms. The average molecular weight is 613 g/mol. The Morgan fingerprint density at radius 2 is 1.88 bits per heavy atom. The number of nitrogens with two attached hydrogens (primary N) is 1. The smallest absolute Gasteiger partial charge is 0.229 e. The van der Waals surface area contributed by atoms with Crippen molar-refractivity contribution < 1.29 is 26.7 Å². The van der Waals surface area contributed by atoms with Crippen LogP contribution >= 0.6 is 0 Å². The molecule has 0 spiro atoms. The highest BCUT2D eigenvalue weighted by Gasteiger charge is 2.36. The molecule has 0 bridgehead atoms. The number of imidazole rings is 1. The van der Waals surface area contributed by atoms with Gasteiger partial charge in [-0.2, -0.15) is 9.61 Å². The fourth-order valence-electron chi connectivity index (χ4n) is 6.03. The molecular formula is C30H34F2N6O4S. The monoisotopic (exact) mass is 612 g/mol. The van der Waals surface area contributed by atoms with Gasteiger partial charge in [0.05, 0.1) is 66.5 Å². The summed E-state index contributed by atoms with van der Waals surface area (Å²) >= 11 is 0. The van der Waals surface area contributed by atoms with Gasteiger partial charge in [0.15, 0.2) is 0 Å². The largest absolute Gasteiger partial charge is 0.380 e. The number of pyridine rings is 1. The second-order valence-electron chi connectivity index (χ2n) is 11.6. The number of hydrogen-bond acceptors (Lipinski definition) is 9. The summed E-state index contributed by atoms with van der Waals surface area (Å²) in [5.41, 5.74) is 9.40. The second kappa shape index (κ2) is 11.9. The fourth-order valence-corrected chi connectivity index (χ4v) is 6.43. The summed E-state index contributed by atoms with van der Waals surface area (Å²) in [6, 6.07) is 7.64. The molecule has 6 rings (SSSR count). The van der Waals surface area contributed by atoms with E-state index in [9.17, 15) is 8.42 Å². The van der Waals surface area contributed by atoms with Crippen molar-refractivity contribution in [3.8, 4) is 11.3 Å². The van der Waals surface area contributed by atoms with Crippen molar-refractivity contribution in [2.45, 2.75) is 43.7 Å². The number of halogens is 2. The summed E-state index contributed by atoms with van der Waals surface area (Å²) in [5, 5.41) is 7.86. The Morgan fingerprint density at radius 1 is 1.12 bits per heavy atom. The van der Waals surface area contributed by atoms with E-state index in [2.05, 4.69) is 27.3 Å². The van der Waals surface area contributed by atoms with Gasteiger partial charge in [-0.1, -0.05) is 6.92 Å². The van der Waals surface area contributed by atoms with Gasteiger partial charge in [-0.25, -0.2) is 22.2 Å². The Balaban J connectivity index is 1.23. The van der Waals surface area contributed by atoms with Crippen molar-refractivity contribution in [3.63, 3.8) is 0 Å². The van der Waals surface area contributed by atoms with Crippen molar-refractivity contribution in [3.05, 3.63) is 71.7 Å². The third kappa shape index (κ3) is 6.26. The van der Waals surface area contributed by atoms with Crippen LogP contribution < -0.4 is 11.1 Å². The lowest BCUT2D eigenvalue weighted by atomic mass is 9.74. The molecule has 0 radical (unpaired) electrons. The Bertz CT molecular complexity index is 1710. The van der Waals surface area contributed by atoms with E-state index >= 15 is 8.78 Å². The van der Waals surface area contributed by atoms with E-state index in [1.807, 2.05) is 6.07 Å². The molecule has 4 unspecified atom stereocenters. The molecule has 1 aromatic carbocycles. The first kappa shape index (κ1) is 29.5. The molecule has 4 heterocycles. The van der Waals surface area contributed by atoms with Crippen LogP contribution in [-0.4, -0.2) is 72.0 Å². The van der Waals surface area contributed by atoms with E-state index in [1.54, 1.807) is 30.7 Å². The van der Waals surface area contributed by atoms with Crippen LogP contribution in [0.2, 0.25) is 0 Å². The molecule has 43 heavy (non-hydrogen) atoms. The number of nitrogens with one attached hydrogen (secondary N) is 1. The molecule has 228 valence electrons. The summed E-state index contributed by atoms with van der Waals surface area (Å²) in [7, 11) is -3.12. The minimum absolute atomic E-state index is 0.00777. The quantitative estimate of drug-likeness (QED) is 0.285. The number of hydrogen-bond donors (Lipinski definition) is 2. The molecule has 2 fully saturated rings. The molecule has 2 aliphatic rings. The fraction of sp³-hybridized carbons (Fsp3) is 0.433. The van der Waals surface area contributed by atoms with E-state index in [-0.39, 0.29) is 53.5 Å². The number of nitrogens with zero attached hydrogens (tertiary/aromatic N) is 4. The molecule has 1 saturated carbocycles. The first-order valence-electron chi connectivity index (χ1n) is 14.2. The molecule has 10 nitrogen and oxygen atoms in total. The van der Waals surface area contributed by atoms with Gasteiger partial charge in [-0.05, 0) is 66.1 Å². The maximum absolute atomic E-state index is 15.1. The van der Waals surface area contributed by atoms with Gasteiger partial charge in [-0.15, -0.1) is 0 Å². The summed E-state index contributed by atoms with van der Waals surface area (Å²) in [6.45, 7) is 3.08. The number of aromatic nitrogens is 4. The van der Waals surface area contributed by atoms with E-state index < -0.39 is 21.5 Å². The van der Waals surface area contributed by atoms with Crippen LogP contribution in [0, 0.1) is 17.6 Å². The lowest BCUT2D eigenvalue weighted by Gasteiger charge is -2.39. The van der Waals surface area contributed by atoms with Crippen molar-refractivity contribution in [1.82, 2.24) is 19.6 Å². The summed E-state index contributed by atoms with van der Waals surface area (Å²) in [5.74, 6) is -0.865. The van der Waals surface area contributed by atoms with Crippen LogP contribution in [0.3, 0.4) is 0 Å². The highest BCUT2D eigenvalue weighted by atomic mass is 32.2. The molecule has 1 aliphatic heterocycles. The van der Waals surface area contributed by atoms with E-state index in [0.29, 0.717) is 42.4 Å². The highest BCUT2D eigenvalue weighted by Crippen LogP contribution is 2.40. The number of benzene rings is 1. The first-order chi connectivity index (χ1) is 20.6. The van der Waals surface area contributed by atoms with Crippen molar-refractivity contribution in [2.75, 3.05) is 37.1 Å². The lowest BCUT2D eigenvalue weighted by molar-refractivity contribution is -0.0152. The summed E-state index contributed by atoms with van der Waals surface area (Å²) in [6.07, 6.45) is 7.41. The molecule has 0 amide bonds. The topological polar surface area (TPSA) is 134 Å². The van der Waals surface area contributed by atoms with E-state index in [4.69, 9.17) is 15.2 Å². The minimum atomic E-state index is -3.12. The number of ether oxygens (including phenoxy) is 2. The van der Waals surface area contributed by atoms with Gasteiger partial charge in [0.2, 0.25) is 5.95 Å². The third-order valence-corrected chi connectivity index (χ3v) is 9.22. The van der Waals surface area contributed by atoms with Gasteiger partial charge in [0, 0.05) is 24.4 Å². The summed E-state index contributed by atoms with van der Waals surface area (Å²) < 4.78 is 65.9. The Morgan fingerprint density at radius 3 is 2.56 bits per heavy atom. The normalized spacial score (nSPS) is 22.9. The average Bonchev–Trinajstić information content (AvgIpc) is 3.30. The Labute approximate surface area is 248 Å². The zero-order valence-corrected chi connectivity index (χ0v) is 24.7.